The number of halogens is 1. The van der Waals surface area contributed by atoms with Crippen LogP contribution in [-0.4, -0.2) is 15.9 Å². The first-order valence-electron chi connectivity index (χ1n) is 5.89. The van der Waals surface area contributed by atoms with Gasteiger partial charge in [-0.05, 0) is 37.6 Å². The number of aryl methyl sites for hydroxylation is 2. The van der Waals surface area contributed by atoms with Crippen LogP contribution in [0, 0.1) is 19.7 Å². The first-order chi connectivity index (χ1) is 9.02. The Balaban J connectivity index is 2.03. The van der Waals surface area contributed by atoms with Crippen molar-refractivity contribution >= 4 is 11.9 Å². The Bertz CT molecular complexity index is 576. The van der Waals surface area contributed by atoms with Gasteiger partial charge in [0.15, 0.2) is 0 Å². The Morgan fingerprint density at radius 3 is 2.32 bits per heavy atom. The van der Waals surface area contributed by atoms with E-state index in [1.165, 1.54) is 12.1 Å². The molecule has 1 heterocycles. The molecule has 0 aliphatic heterocycles. The van der Waals surface area contributed by atoms with Crippen LogP contribution in [0.25, 0.3) is 0 Å². The Labute approximate surface area is 110 Å². The molecular weight excluding hydrogens is 245 g/mol. The first-order valence-corrected chi connectivity index (χ1v) is 5.89. The second-order valence-electron chi connectivity index (χ2n) is 4.33. The van der Waals surface area contributed by atoms with E-state index in [-0.39, 0.29) is 18.1 Å². The maximum atomic E-state index is 12.7. The highest BCUT2D eigenvalue weighted by Gasteiger charge is 2.07. The van der Waals surface area contributed by atoms with E-state index in [1.807, 2.05) is 19.9 Å². The van der Waals surface area contributed by atoms with Gasteiger partial charge in [0.25, 0.3) is 0 Å². The Morgan fingerprint density at radius 2 is 1.74 bits per heavy atom. The molecule has 0 saturated carbocycles. The molecule has 0 fully saturated rings. The molecule has 2 rings (SSSR count). The number of nitrogens with one attached hydrogen (secondary N) is 1. The van der Waals surface area contributed by atoms with Gasteiger partial charge >= 0.3 is 0 Å². The van der Waals surface area contributed by atoms with Crippen molar-refractivity contribution in [2.45, 2.75) is 20.3 Å². The average Bonchev–Trinajstić information content (AvgIpc) is 2.30. The SMILES string of the molecule is Cc1cc(C)nc(NC(=O)Cc2ccc(F)cc2)n1. The van der Waals surface area contributed by atoms with Crippen molar-refractivity contribution in [3.8, 4) is 0 Å². The summed E-state index contributed by atoms with van der Waals surface area (Å²) in [6.07, 6.45) is 0.163. The number of aromatic nitrogens is 2. The Kier molecular flexibility index (Phi) is 3.85. The van der Waals surface area contributed by atoms with Crippen LogP contribution in [0.1, 0.15) is 17.0 Å². The fraction of sp³-hybridized carbons (Fsp3) is 0.214. The summed E-state index contributed by atoms with van der Waals surface area (Å²) in [7, 11) is 0. The molecule has 0 unspecified atom stereocenters. The van der Waals surface area contributed by atoms with Gasteiger partial charge in [0.05, 0.1) is 6.42 Å². The van der Waals surface area contributed by atoms with Crippen LogP contribution in [0.2, 0.25) is 0 Å². The summed E-state index contributed by atoms with van der Waals surface area (Å²) in [5.74, 6) is -0.247. The van der Waals surface area contributed by atoms with Crippen LogP contribution in [-0.2, 0) is 11.2 Å². The maximum absolute atomic E-state index is 12.7. The third kappa shape index (κ3) is 3.84. The van der Waals surface area contributed by atoms with Crippen LogP contribution in [0.15, 0.2) is 30.3 Å². The molecule has 0 atom stereocenters. The Hall–Kier alpha value is -2.30. The minimum absolute atomic E-state index is 0.163. The highest BCUT2D eigenvalue weighted by Crippen LogP contribution is 2.07. The molecule has 0 radical (unpaired) electrons. The van der Waals surface area contributed by atoms with Gasteiger partial charge in [0.1, 0.15) is 5.82 Å². The monoisotopic (exact) mass is 259 g/mol. The van der Waals surface area contributed by atoms with Crippen LogP contribution in [0.4, 0.5) is 10.3 Å². The minimum Gasteiger partial charge on any atom is -0.294 e. The number of carbonyl (C=O) groups excluding carboxylic acids is 1. The number of benzene rings is 1. The smallest absolute Gasteiger partial charge is 0.231 e. The fourth-order valence-electron chi connectivity index (χ4n) is 1.74. The summed E-state index contributed by atoms with van der Waals surface area (Å²) in [4.78, 5) is 20.1. The van der Waals surface area contributed by atoms with Crippen LogP contribution in [0.5, 0.6) is 0 Å². The summed E-state index contributed by atoms with van der Waals surface area (Å²) in [5, 5.41) is 2.63. The zero-order chi connectivity index (χ0) is 13.8. The lowest BCUT2D eigenvalue weighted by atomic mass is 10.1. The van der Waals surface area contributed by atoms with Crippen LogP contribution >= 0.6 is 0 Å². The molecule has 1 aromatic heterocycles. The van der Waals surface area contributed by atoms with Gasteiger partial charge in [-0.25, -0.2) is 14.4 Å². The highest BCUT2D eigenvalue weighted by atomic mass is 19.1. The number of carbonyl (C=O) groups is 1. The van der Waals surface area contributed by atoms with E-state index in [0.29, 0.717) is 5.95 Å². The summed E-state index contributed by atoms with van der Waals surface area (Å²) in [6, 6.07) is 7.65. The van der Waals surface area contributed by atoms with E-state index < -0.39 is 0 Å². The second kappa shape index (κ2) is 5.56. The quantitative estimate of drug-likeness (QED) is 0.921. The van der Waals surface area contributed by atoms with E-state index in [2.05, 4.69) is 15.3 Å². The lowest BCUT2D eigenvalue weighted by molar-refractivity contribution is -0.115. The minimum atomic E-state index is -0.318. The van der Waals surface area contributed by atoms with Gasteiger partial charge < -0.3 is 0 Å². The third-order valence-electron chi connectivity index (χ3n) is 2.51. The van der Waals surface area contributed by atoms with E-state index >= 15 is 0 Å². The van der Waals surface area contributed by atoms with E-state index in [4.69, 9.17) is 0 Å². The molecule has 0 bridgehead atoms. The molecule has 0 spiro atoms. The maximum Gasteiger partial charge on any atom is 0.231 e. The molecule has 5 heteroatoms. The zero-order valence-corrected chi connectivity index (χ0v) is 10.8. The van der Waals surface area contributed by atoms with Gasteiger partial charge in [-0.15, -0.1) is 0 Å². The molecule has 1 N–H and O–H groups in total. The van der Waals surface area contributed by atoms with E-state index in [1.54, 1.807) is 12.1 Å². The average molecular weight is 259 g/mol. The van der Waals surface area contributed by atoms with Crippen LogP contribution in [0.3, 0.4) is 0 Å². The molecule has 2 aromatic rings. The van der Waals surface area contributed by atoms with Crippen molar-refractivity contribution in [3.05, 3.63) is 53.1 Å². The number of amides is 1. The molecule has 98 valence electrons. The fourth-order valence-corrected chi connectivity index (χ4v) is 1.74. The van der Waals surface area contributed by atoms with E-state index in [9.17, 15) is 9.18 Å². The highest BCUT2D eigenvalue weighted by molar-refractivity contribution is 5.90. The normalized spacial score (nSPS) is 10.3. The van der Waals surface area contributed by atoms with Crippen molar-refractivity contribution < 1.29 is 9.18 Å². The predicted octanol–water partition coefficient (Wildman–Crippen LogP) is 2.41. The van der Waals surface area contributed by atoms with Gasteiger partial charge in [0.2, 0.25) is 11.9 Å². The van der Waals surface area contributed by atoms with Gasteiger partial charge in [-0.3, -0.25) is 10.1 Å². The van der Waals surface area contributed by atoms with E-state index in [0.717, 1.165) is 17.0 Å². The summed E-state index contributed by atoms with van der Waals surface area (Å²) < 4.78 is 12.7. The number of nitrogens with zero attached hydrogens (tertiary/aromatic N) is 2. The van der Waals surface area contributed by atoms with Crippen LogP contribution < -0.4 is 5.32 Å². The molecule has 0 saturated heterocycles. The molecule has 1 aromatic carbocycles. The Morgan fingerprint density at radius 1 is 1.16 bits per heavy atom. The molecular formula is C14H14FN3O. The molecule has 19 heavy (non-hydrogen) atoms. The van der Waals surface area contributed by atoms with Gasteiger partial charge in [-0.2, -0.15) is 0 Å². The number of hydrogen-bond donors (Lipinski definition) is 1. The molecule has 1 amide bonds. The molecule has 4 nitrogen and oxygen atoms in total. The van der Waals surface area contributed by atoms with Gasteiger partial charge in [0, 0.05) is 11.4 Å². The largest absolute Gasteiger partial charge is 0.294 e. The molecule has 0 aliphatic carbocycles. The number of rotatable bonds is 3. The van der Waals surface area contributed by atoms with Crippen molar-refractivity contribution in [1.29, 1.82) is 0 Å². The first kappa shape index (κ1) is 13.1. The zero-order valence-electron chi connectivity index (χ0n) is 10.8. The van der Waals surface area contributed by atoms with Crippen molar-refractivity contribution in [2.24, 2.45) is 0 Å². The predicted molar refractivity (Wildman–Crippen MR) is 70.2 cm³/mol. The lowest BCUT2D eigenvalue weighted by Crippen LogP contribution is -2.17. The topological polar surface area (TPSA) is 54.9 Å². The number of hydrogen-bond acceptors (Lipinski definition) is 3. The summed E-state index contributed by atoms with van der Waals surface area (Å²) in [5.41, 5.74) is 2.33. The van der Waals surface area contributed by atoms with Gasteiger partial charge in [-0.1, -0.05) is 12.1 Å². The number of anilines is 1. The van der Waals surface area contributed by atoms with Crippen molar-refractivity contribution in [2.75, 3.05) is 5.32 Å². The lowest BCUT2D eigenvalue weighted by Gasteiger charge is -2.05. The second-order valence-corrected chi connectivity index (χ2v) is 4.33. The summed E-state index contributed by atoms with van der Waals surface area (Å²) >= 11 is 0. The standard InChI is InChI=1S/C14H14FN3O/c1-9-7-10(2)17-14(16-9)18-13(19)8-11-3-5-12(15)6-4-11/h3-7H,8H2,1-2H3,(H,16,17,18,19). The van der Waals surface area contributed by atoms with Crippen molar-refractivity contribution in [3.63, 3.8) is 0 Å². The molecule has 0 aliphatic rings. The van der Waals surface area contributed by atoms with Crippen molar-refractivity contribution in [1.82, 2.24) is 9.97 Å². The summed E-state index contributed by atoms with van der Waals surface area (Å²) in [6.45, 7) is 3.68. The third-order valence-corrected chi connectivity index (χ3v) is 2.51.